The summed E-state index contributed by atoms with van der Waals surface area (Å²) in [4.78, 5) is 12.7. The van der Waals surface area contributed by atoms with Crippen molar-refractivity contribution in [1.29, 1.82) is 0 Å². The van der Waals surface area contributed by atoms with Crippen molar-refractivity contribution in [2.45, 2.75) is 19.4 Å². The number of ether oxygens (including phenoxy) is 2. The second-order valence-corrected chi connectivity index (χ2v) is 6.32. The highest BCUT2D eigenvalue weighted by Gasteiger charge is 2.29. The number of hydrogen-bond acceptors (Lipinski definition) is 5. The first-order chi connectivity index (χ1) is 11.3. The molecule has 120 valence electrons. The standard InChI is InChI=1S/C17H18N2O3S/c1-21-16-9-12(10-18-19-17(20)13-5-6-13)4-7-15(16)22-11-14-3-2-8-23-14/h2-4,7-10,13H,5-6,11H2,1H3,(H,19,20)/b18-10-. The number of nitrogens with zero attached hydrogens (tertiary/aromatic N) is 1. The second-order valence-electron chi connectivity index (χ2n) is 5.29. The fraction of sp³-hybridized carbons (Fsp3) is 0.294. The summed E-state index contributed by atoms with van der Waals surface area (Å²) in [6.45, 7) is 0.513. The summed E-state index contributed by atoms with van der Waals surface area (Å²) < 4.78 is 11.1. The summed E-state index contributed by atoms with van der Waals surface area (Å²) >= 11 is 1.65. The van der Waals surface area contributed by atoms with Crippen molar-refractivity contribution in [2.24, 2.45) is 11.0 Å². The molecular formula is C17H18N2O3S. The zero-order valence-electron chi connectivity index (χ0n) is 12.8. The molecule has 1 saturated carbocycles. The third kappa shape index (κ3) is 4.32. The minimum absolute atomic E-state index is 0.0101. The highest BCUT2D eigenvalue weighted by Crippen LogP contribution is 2.29. The van der Waals surface area contributed by atoms with Gasteiger partial charge in [0.25, 0.3) is 0 Å². The minimum atomic E-state index is -0.0101. The second kappa shape index (κ2) is 7.28. The Morgan fingerprint density at radius 2 is 2.26 bits per heavy atom. The van der Waals surface area contributed by atoms with Crippen LogP contribution in [-0.4, -0.2) is 19.2 Å². The SMILES string of the molecule is COc1cc(/C=N\NC(=O)C2CC2)ccc1OCc1cccs1. The number of benzene rings is 1. The molecule has 0 radical (unpaired) electrons. The monoisotopic (exact) mass is 330 g/mol. The Bertz CT molecular complexity index is 694. The zero-order chi connectivity index (χ0) is 16.1. The minimum Gasteiger partial charge on any atom is -0.493 e. The van der Waals surface area contributed by atoms with E-state index in [0.717, 1.165) is 23.3 Å². The fourth-order valence-electron chi connectivity index (χ4n) is 2.03. The van der Waals surface area contributed by atoms with Crippen LogP contribution in [0.2, 0.25) is 0 Å². The van der Waals surface area contributed by atoms with Crippen molar-refractivity contribution in [2.75, 3.05) is 7.11 Å². The third-order valence-electron chi connectivity index (χ3n) is 3.47. The van der Waals surface area contributed by atoms with Crippen molar-refractivity contribution in [3.05, 3.63) is 46.2 Å². The van der Waals surface area contributed by atoms with E-state index in [1.165, 1.54) is 0 Å². The lowest BCUT2D eigenvalue weighted by molar-refractivity contribution is -0.122. The van der Waals surface area contributed by atoms with Crippen LogP contribution in [-0.2, 0) is 11.4 Å². The van der Waals surface area contributed by atoms with Gasteiger partial charge in [-0.2, -0.15) is 5.10 Å². The Labute approximate surface area is 138 Å². The van der Waals surface area contributed by atoms with Gasteiger partial charge in [0.15, 0.2) is 11.5 Å². The number of amides is 1. The van der Waals surface area contributed by atoms with Gasteiger partial charge in [-0.3, -0.25) is 4.79 Å². The first kappa shape index (κ1) is 15.6. The molecule has 3 rings (SSSR count). The first-order valence-electron chi connectivity index (χ1n) is 7.42. The zero-order valence-corrected chi connectivity index (χ0v) is 13.6. The molecule has 0 atom stereocenters. The summed E-state index contributed by atoms with van der Waals surface area (Å²) in [5, 5.41) is 5.99. The average Bonchev–Trinajstić information content (AvgIpc) is 3.30. The Morgan fingerprint density at radius 1 is 1.39 bits per heavy atom. The molecule has 0 aliphatic heterocycles. The fourth-order valence-corrected chi connectivity index (χ4v) is 2.65. The quantitative estimate of drug-likeness (QED) is 0.626. The van der Waals surface area contributed by atoms with Gasteiger partial charge in [0, 0.05) is 10.8 Å². The molecule has 0 bridgehead atoms. The smallest absolute Gasteiger partial charge is 0.243 e. The van der Waals surface area contributed by atoms with Crippen LogP contribution in [0.15, 0.2) is 40.8 Å². The molecule has 6 heteroatoms. The third-order valence-corrected chi connectivity index (χ3v) is 4.32. The van der Waals surface area contributed by atoms with E-state index in [2.05, 4.69) is 10.5 Å². The predicted molar refractivity (Wildman–Crippen MR) is 90.1 cm³/mol. The maximum Gasteiger partial charge on any atom is 0.243 e. The number of hydrazone groups is 1. The van der Waals surface area contributed by atoms with Crippen molar-refractivity contribution >= 4 is 23.5 Å². The van der Waals surface area contributed by atoms with Gasteiger partial charge >= 0.3 is 0 Å². The first-order valence-corrected chi connectivity index (χ1v) is 8.30. The number of carbonyl (C=O) groups excluding carboxylic acids is 1. The van der Waals surface area contributed by atoms with Gasteiger partial charge in [-0.15, -0.1) is 11.3 Å². The molecule has 1 aliphatic carbocycles. The molecule has 1 aromatic carbocycles. The van der Waals surface area contributed by atoms with Gasteiger partial charge in [0.05, 0.1) is 13.3 Å². The Kier molecular flexibility index (Phi) is 4.92. The maximum absolute atomic E-state index is 11.5. The van der Waals surface area contributed by atoms with E-state index in [0.29, 0.717) is 18.1 Å². The highest BCUT2D eigenvalue weighted by molar-refractivity contribution is 7.09. The van der Waals surface area contributed by atoms with Gasteiger partial charge < -0.3 is 9.47 Å². The summed E-state index contributed by atoms with van der Waals surface area (Å²) in [6, 6.07) is 9.57. The molecule has 1 aromatic heterocycles. The van der Waals surface area contributed by atoms with Crippen molar-refractivity contribution < 1.29 is 14.3 Å². The van der Waals surface area contributed by atoms with Crippen LogP contribution >= 0.6 is 11.3 Å². The molecule has 0 spiro atoms. The molecule has 1 N–H and O–H groups in total. The lowest BCUT2D eigenvalue weighted by Gasteiger charge is -2.10. The molecule has 2 aromatic rings. The van der Waals surface area contributed by atoms with Gasteiger partial charge in [0.2, 0.25) is 5.91 Å². The van der Waals surface area contributed by atoms with Crippen LogP contribution in [0.25, 0.3) is 0 Å². The Hall–Kier alpha value is -2.34. The van der Waals surface area contributed by atoms with E-state index in [-0.39, 0.29) is 11.8 Å². The normalized spacial score (nSPS) is 14.0. The topological polar surface area (TPSA) is 59.9 Å². The molecular weight excluding hydrogens is 312 g/mol. The summed E-state index contributed by atoms with van der Waals surface area (Å²) in [6.07, 6.45) is 3.53. The van der Waals surface area contributed by atoms with E-state index in [4.69, 9.17) is 9.47 Å². The largest absolute Gasteiger partial charge is 0.493 e. The molecule has 1 fully saturated rings. The molecule has 1 heterocycles. The number of thiophene rings is 1. The number of hydrogen-bond donors (Lipinski definition) is 1. The molecule has 5 nitrogen and oxygen atoms in total. The van der Waals surface area contributed by atoms with E-state index in [1.807, 2.05) is 35.7 Å². The van der Waals surface area contributed by atoms with Crippen molar-refractivity contribution in [3.8, 4) is 11.5 Å². The van der Waals surface area contributed by atoms with Crippen LogP contribution in [0, 0.1) is 5.92 Å². The van der Waals surface area contributed by atoms with Crippen LogP contribution in [0.1, 0.15) is 23.3 Å². The Morgan fingerprint density at radius 3 is 2.96 bits per heavy atom. The van der Waals surface area contributed by atoms with Gasteiger partial charge in [-0.25, -0.2) is 5.43 Å². The molecule has 1 amide bonds. The molecule has 0 saturated heterocycles. The van der Waals surface area contributed by atoms with E-state index in [9.17, 15) is 4.79 Å². The summed E-state index contributed by atoms with van der Waals surface area (Å²) in [5.41, 5.74) is 3.38. The molecule has 1 aliphatic rings. The number of nitrogens with one attached hydrogen (secondary N) is 1. The van der Waals surface area contributed by atoms with E-state index in [1.54, 1.807) is 24.7 Å². The van der Waals surface area contributed by atoms with Crippen LogP contribution in [0.5, 0.6) is 11.5 Å². The Balaban J connectivity index is 1.61. The van der Waals surface area contributed by atoms with Crippen LogP contribution in [0.4, 0.5) is 0 Å². The van der Waals surface area contributed by atoms with E-state index >= 15 is 0 Å². The van der Waals surface area contributed by atoms with Gasteiger partial charge in [0.1, 0.15) is 6.61 Å². The molecule has 23 heavy (non-hydrogen) atoms. The number of methoxy groups -OCH3 is 1. The van der Waals surface area contributed by atoms with Crippen molar-refractivity contribution in [3.63, 3.8) is 0 Å². The maximum atomic E-state index is 11.5. The van der Waals surface area contributed by atoms with Crippen molar-refractivity contribution in [1.82, 2.24) is 5.43 Å². The predicted octanol–water partition coefficient (Wildman–Crippen LogP) is 3.20. The number of rotatable bonds is 7. The lowest BCUT2D eigenvalue weighted by Crippen LogP contribution is -2.18. The summed E-state index contributed by atoms with van der Waals surface area (Å²) in [5.74, 6) is 1.46. The summed E-state index contributed by atoms with van der Waals surface area (Å²) in [7, 11) is 1.60. The van der Waals surface area contributed by atoms with Gasteiger partial charge in [-0.1, -0.05) is 6.07 Å². The highest BCUT2D eigenvalue weighted by atomic mass is 32.1. The van der Waals surface area contributed by atoms with Gasteiger partial charge in [-0.05, 0) is 48.1 Å². The average molecular weight is 330 g/mol. The van der Waals surface area contributed by atoms with Crippen LogP contribution < -0.4 is 14.9 Å². The van der Waals surface area contributed by atoms with E-state index < -0.39 is 0 Å². The van der Waals surface area contributed by atoms with Crippen LogP contribution in [0.3, 0.4) is 0 Å². The lowest BCUT2D eigenvalue weighted by atomic mass is 10.2. The number of carbonyl (C=O) groups is 1. The molecule has 0 unspecified atom stereocenters.